The third kappa shape index (κ3) is 2.63. The van der Waals surface area contributed by atoms with E-state index in [1.54, 1.807) is 0 Å². The highest BCUT2D eigenvalue weighted by Crippen LogP contribution is 2.19. The number of nitrogens with one attached hydrogen (secondary N) is 1. The number of carbonyl (C=O) groups excluding carboxylic acids is 1. The molecule has 2 N–H and O–H groups in total. The van der Waals surface area contributed by atoms with Crippen LogP contribution in [0.1, 0.15) is 16.9 Å². The number of carboxylic acid groups (broad SMARTS) is 1. The molecule has 8 heteroatoms. The molecule has 0 bridgehead atoms. The number of carboxylic acids is 1. The summed E-state index contributed by atoms with van der Waals surface area (Å²) in [7, 11) is 1.43. The van der Waals surface area contributed by atoms with E-state index >= 15 is 0 Å². The van der Waals surface area contributed by atoms with Gasteiger partial charge in [0.15, 0.2) is 11.2 Å². The first-order valence-corrected chi connectivity index (χ1v) is 5.59. The lowest BCUT2D eigenvalue weighted by Crippen LogP contribution is -2.55. The minimum Gasteiger partial charge on any atom is -0.480 e. The summed E-state index contributed by atoms with van der Waals surface area (Å²) in [6, 6.07) is 2.88. The second-order valence-corrected chi connectivity index (χ2v) is 4.10. The molecule has 1 saturated heterocycles. The molecule has 1 aromatic rings. The molecule has 2 rings (SSSR count). The Morgan fingerprint density at radius 1 is 1.47 bits per heavy atom. The number of nitrogens with zero attached hydrogens (tertiary/aromatic N) is 2. The van der Waals surface area contributed by atoms with Crippen molar-refractivity contribution in [2.24, 2.45) is 0 Å². The summed E-state index contributed by atoms with van der Waals surface area (Å²) >= 11 is 0. The largest absolute Gasteiger partial charge is 0.480 e. The Balaban J connectivity index is 2.13. The Morgan fingerprint density at radius 2 is 2.26 bits per heavy atom. The lowest BCUT2D eigenvalue weighted by molar-refractivity contribution is -0.144. The maximum Gasteiger partial charge on any atom is 0.331 e. The van der Waals surface area contributed by atoms with Gasteiger partial charge < -0.3 is 19.9 Å². The van der Waals surface area contributed by atoms with Gasteiger partial charge in [-0.15, -0.1) is 10.2 Å². The number of aromatic nitrogens is 2. The second-order valence-electron chi connectivity index (χ2n) is 4.10. The SMILES string of the molecule is COc1ccc(C(=O)NC2(C(=O)O)CCOC2)nn1. The quantitative estimate of drug-likeness (QED) is 0.753. The Morgan fingerprint density at radius 3 is 2.74 bits per heavy atom. The van der Waals surface area contributed by atoms with Crippen LogP contribution in [-0.2, 0) is 9.53 Å². The molecular formula is C11H13N3O5. The van der Waals surface area contributed by atoms with Gasteiger partial charge in [0.1, 0.15) is 0 Å². The highest BCUT2D eigenvalue weighted by atomic mass is 16.5. The van der Waals surface area contributed by atoms with Gasteiger partial charge in [-0.3, -0.25) is 4.79 Å². The van der Waals surface area contributed by atoms with Crippen molar-refractivity contribution in [3.63, 3.8) is 0 Å². The molecule has 1 aliphatic rings. The van der Waals surface area contributed by atoms with Gasteiger partial charge in [-0.1, -0.05) is 0 Å². The maximum atomic E-state index is 11.9. The topological polar surface area (TPSA) is 111 Å². The zero-order valence-electron chi connectivity index (χ0n) is 10.3. The number of ether oxygens (including phenoxy) is 2. The summed E-state index contributed by atoms with van der Waals surface area (Å²) in [4.78, 5) is 23.2. The van der Waals surface area contributed by atoms with Crippen LogP contribution in [0.5, 0.6) is 5.88 Å². The van der Waals surface area contributed by atoms with E-state index in [9.17, 15) is 14.7 Å². The summed E-state index contributed by atoms with van der Waals surface area (Å²) < 4.78 is 9.86. The van der Waals surface area contributed by atoms with E-state index < -0.39 is 17.4 Å². The molecule has 1 aromatic heterocycles. The molecule has 0 radical (unpaired) electrons. The summed E-state index contributed by atoms with van der Waals surface area (Å²) in [6.45, 7) is 0.235. The third-order valence-electron chi connectivity index (χ3n) is 2.87. The summed E-state index contributed by atoms with van der Waals surface area (Å²) in [5, 5.41) is 18.9. The predicted molar refractivity (Wildman–Crippen MR) is 61.9 cm³/mol. The fourth-order valence-corrected chi connectivity index (χ4v) is 1.72. The number of hydrogen-bond acceptors (Lipinski definition) is 6. The van der Waals surface area contributed by atoms with Crippen molar-refractivity contribution in [2.75, 3.05) is 20.3 Å². The molecule has 8 nitrogen and oxygen atoms in total. The number of aliphatic carboxylic acids is 1. The maximum absolute atomic E-state index is 11.9. The molecule has 1 aliphatic heterocycles. The molecule has 0 spiro atoms. The second kappa shape index (κ2) is 5.19. The van der Waals surface area contributed by atoms with Crippen molar-refractivity contribution in [2.45, 2.75) is 12.0 Å². The monoisotopic (exact) mass is 267 g/mol. The van der Waals surface area contributed by atoms with Gasteiger partial charge in [0.2, 0.25) is 5.88 Å². The number of methoxy groups -OCH3 is 1. The van der Waals surface area contributed by atoms with Crippen molar-refractivity contribution >= 4 is 11.9 Å². The first kappa shape index (κ1) is 13.2. The van der Waals surface area contributed by atoms with Crippen molar-refractivity contribution in [1.29, 1.82) is 0 Å². The van der Waals surface area contributed by atoms with Gasteiger partial charge in [0, 0.05) is 19.1 Å². The minimum atomic E-state index is -1.39. The molecule has 1 amide bonds. The number of carbonyl (C=O) groups is 2. The zero-order valence-corrected chi connectivity index (χ0v) is 10.3. The number of rotatable bonds is 4. The number of hydrogen-bond donors (Lipinski definition) is 2. The van der Waals surface area contributed by atoms with E-state index in [-0.39, 0.29) is 24.6 Å². The Kier molecular flexibility index (Phi) is 3.61. The Bertz CT molecular complexity index is 482. The van der Waals surface area contributed by atoms with Crippen LogP contribution >= 0.6 is 0 Å². The van der Waals surface area contributed by atoms with Gasteiger partial charge in [-0.05, 0) is 6.07 Å². The minimum absolute atomic E-state index is 0.0216. The first-order chi connectivity index (χ1) is 9.07. The van der Waals surface area contributed by atoms with Crippen molar-refractivity contribution in [1.82, 2.24) is 15.5 Å². The molecule has 1 atom stereocenters. The lowest BCUT2D eigenvalue weighted by Gasteiger charge is -2.23. The van der Waals surface area contributed by atoms with Crippen LogP contribution in [0.3, 0.4) is 0 Å². The molecule has 1 fully saturated rings. The predicted octanol–water partition coefficient (Wildman–Crippen LogP) is -0.541. The molecule has 0 saturated carbocycles. The first-order valence-electron chi connectivity index (χ1n) is 5.59. The fraction of sp³-hybridized carbons (Fsp3) is 0.455. The van der Waals surface area contributed by atoms with Crippen LogP contribution in [0.15, 0.2) is 12.1 Å². The average Bonchev–Trinajstić information content (AvgIpc) is 2.88. The molecule has 1 unspecified atom stereocenters. The van der Waals surface area contributed by atoms with Crippen molar-refractivity contribution in [3.8, 4) is 5.88 Å². The average molecular weight is 267 g/mol. The van der Waals surface area contributed by atoms with E-state index in [1.807, 2.05) is 0 Å². The normalized spacial score (nSPS) is 21.9. The van der Waals surface area contributed by atoms with E-state index in [1.165, 1.54) is 19.2 Å². The zero-order chi connectivity index (χ0) is 13.9. The van der Waals surface area contributed by atoms with Gasteiger partial charge in [-0.2, -0.15) is 0 Å². The van der Waals surface area contributed by atoms with Crippen LogP contribution in [0, 0.1) is 0 Å². The summed E-state index contributed by atoms with van der Waals surface area (Å²) in [6.07, 6.45) is 0.220. The molecule has 19 heavy (non-hydrogen) atoms. The molecule has 2 heterocycles. The standard InChI is InChI=1S/C11H13N3O5/c1-18-8-3-2-7(13-14-8)9(15)12-11(10(16)17)4-5-19-6-11/h2-3H,4-6H2,1H3,(H,12,15)(H,16,17). The number of amides is 1. The molecular weight excluding hydrogens is 254 g/mol. The molecule has 0 aliphatic carbocycles. The van der Waals surface area contributed by atoms with Gasteiger partial charge in [0.05, 0.1) is 13.7 Å². The van der Waals surface area contributed by atoms with Gasteiger partial charge in [-0.25, -0.2) is 4.79 Å². The van der Waals surface area contributed by atoms with Crippen molar-refractivity contribution < 1.29 is 24.2 Å². The van der Waals surface area contributed by atoms with Crippen LogP contribution in [0.25, 0.3) is 0 Å². The Labute approximate surface area is 108 Å². The highest BCUT2D eigenvalue weighted by Gasteiger charge is 2.44. The van der Waals surface area contributed by atoms with E-state index in [2.05, 4.69) is 15.5 Å². The smallest absolute Gasteiger partial charge is 0.331 e. The van der Waals surface area contributed by atoms with Crippen molar-refractivity contribution in [3.05, 3.63) is 17.8 Å². The summed E-state index contributed by atoms with van der Waals surface area (Å²) in [5.41, 5.74) is -1.37. The van der Waals surface area contributed by atoms with Crippen LogP contribution in [0.2, 0.25) is 0 Å². The van der Waals surface area contributed by atoms with Crippen LogP contribution < -0.4 is 10.1 Å². The molecule has 0 aromatic carbocycles. The Hall–Kier alpha value is -2.22. The van der Waals surface area contributed by atoms with Gasteiger partial charge >= 0.3 is 5.97 Å². The van der Waals surface area contributed by atoms with Gasteiger partial charge in [0.25, 0.3) is 5.91 Å². The lowest BCUT2D eigenvalue weighted by atomic mass is 9.99. The van der Waals surface area contributed by atoms with Crippen LogP contribution in [-0.4, -0.2) is 53.0 Å². The summed E-state index contributed by atoms with van der Waals surface area (Å²) in [5.74, 6) is -1.46. The van der Waals surface area contributed by atoms with E-state index in [0.717, 1.165) is 0 Å². The fourth-order valence-electron chi connectivity index (χ4n) is 1.72. The van der Waals surface area contributed by atoms with E-state index in [4.69, 9.17) is 9.47 Å². The van der Waals surface area contributed by atoms with Crippen LogP contribution in [0.4, 0.5) is 0 Å². The highest BCUT2D eigenvalue weighted by molar-refractivity contribution is 5.96. The van der Waals surface area contributed by atoms with E-state index in [0.29, 0.717) is 6.61 Å². The molecule has 102 valence electrons. The third-order valence-corrected chi connectivity index (χ3v) is 2.87.